The monoisotopic (exact) mass is 347 g/mol. The van der Waals surface area contributed by atoms with Gasteiger partial charge in [0.15, 0.2) is 0 Å². The molecule has 1 fully saturated rings. The lowest BCUT2D eigenvalue weighted by Crippen LogP contribution is -2.35. The molecule has 0 aliphatic heterocycles. The first kappa shape index (κ1) is 17.0. The lowest BCUT2D eigenvalue weighted by Gasteiger charge is -2.29. The number of aromatic nitrogens is 2. The Bertz CT molecular complexity index is 708. The van der Waals surface area contributed by atoms with Gasteiger partial charge in [-0.25, -0.2) is 9.97 Å². The Balaban J connectivity index is 1.78. The highest BCUT2D eigenvalue weighted by atomic mass is 35.5. The zero-order valence-electron chi connectivity index (χ0n) is 13.8. The molecular formula is C17H22ClN5O. The van der Waals surface area contributed by atoms with Gasteiger partial charge in [-0.2, -0.15) is 10.2 Å². The molecule has 0 bridgehead atoms. The molecule has 1 saturated carbocycles. The number of azo groups is 1. The van der Waals surface area contributed by atoms with Crippen LogP contribution in [0.25, 0.3) is 10.9 Å². The molecule has 3 rings (SSSR count). The number of halogens is 1. The fourth-order valence-electron chi connectivity index (χ4n) is 3.03. The van der Waals surface area contributed by atoms with E-state index < -0.39 is 0 Å². The van der Waals surface area contributed by atoms with E-state index in [0.29, 0.717) is 18.2 Å². The van der Waals surface area contributed by atoms with Crippen LogP contribution in [0.4, 0.5) is 5.82 Å². The average Bonchev–Trinajstić information content (AvgIpc) is 2.60. The van der Waals surface area contributed by atoms with Crippen LogP contribution in [0.1, 0.15) is 25.7 Å². The lowest BCUT2D eigenvalue weighted by atomic mass is 9.91. The van der Waals surface area contributed by atoms with Gasteiger partial charge in [-0.3, -0.25) is 0 Å². The van der Waals surface area contributed by atoms with E-state index in [1.807, 2.05) is 18.2 Å². The Morgan fingerprint density at radius 1 is 1.29 bits per heavy atom. The number of hydrogen-bond donors (Lipinski definition) is 1. The van der Waals surface area contributed by atoms with Gasteiger partial charge in [0.25, 0.3) is 0 Å². The molecule has 0 radical (unpaired) electrons. The number of hydrogen-bond acceptors (Lipinski definition) is 6. The molecule has 6 nitrogen and oxygen atoms in total. The molecule has 1 aliphatic carbocycles. The van der Waals surface area contributed by atoms with Crippen LogP contribution in [0.15, 0.2) is 34.8 Å². The Kier molecular flexibility index (Phi) is 5.93. The summed E-state index contributed by atoms with van der Waals surface area (Å²) in [4.78, 5) is 8.71. The maximum atomic E-state index is 6.13. The second kappa shape index (κ2) is 8.35. The maximum absolute atomic E-state index is 6.13. The third-order valence-corrected chi connectivity index (χ3v) is 4.51. The number of benzene rings is 1. The van der Waals surface area contributed by atoms with Gasteiger partial charge in [-0.05, 0) is 31.0 Å². The Hall–Kier alpha value is -1.79. The SMILES string of the molecule is COCCN=N[C@@H]1CCCC[C@@H]1Nc1ncnc2ccc(Cl)cc12. The fourth-order valence-corrected chi connectivity index (χ4v) is 3.20. The number of methoxy groups -OCH3 is 1. The van der Waals surface area contributed by atoms with Crippen LogP contribution in [0, 0.1) is 0 Å². The van der Waals surface area contributed by atoms with Crippen LogP contribution in [0.2, 0.25) is 5.02 Å². The van der Waals surface area contributed by atoms with Crippen LogP contribution in [0.5, 0.6) is 0 Å². The third kappa shape index (κ3) is 4.19. The summed E-state index contributed by atoms with van der Waals surface area (Å²) < 4.78 is 5.01. The Labute approximate surface area is 146 Å². The molecule has 24 heavy (non-hydrogen) atoms. The lowest BCUT2D eigenvalue weighted by molar-refractivity contribution is 0.205. The second-order valence-corrected chi connectivity index (χ2v) is 6.40. The van der Waals surface area contributed by atoms with E-state index in [0.717, 1.165) is 29.6 Å². The summed E-state index contributed by atoms with van der Waals surface area (Å²) in [6.45, 7) is 1.20. The third-order valence-electron chi connectivity index (χ3n) is 4.27. The summed E-state index contributed by atoms with van der Waals surface area (Å²) in [5.41, 5.74) is 0.881. The van der Waals surface area contributed by atoms with E-state index in [1.54, 1.807) is 13.4 Å². The molecule has 0 spiro atoms. The zero-order chi connectivity index (χ0) is 16.8. The van der Waals surface area contributed by atoms with Crippen LogP contribution in [-0.2, 0) is 4.74 Å². The molecule has 1 N–H and O–H groups in total. The van der Waals surface area contributed by atoms with E-state index in [9.17, 15) is 0 Å². The molecule has 2 atom stereocenters. The highest BCUT2D eigenvalue weighted by molar-refractivity contribution is 6.31. The van der Waals surface area contributed by atoms with Crippen LogP contribution < -0.4 is 5.32 Å². The summed E-state index contributed by atoms with van der Waals surface area (Å²) in [6, 6.07) is 6.04. The largest absolute Gasteiger partial charge is 0.383 e. The molecule has 1 aromatic carbocycles. The molecule has 128 valence electrons. The summed E-state index contributed by atoms with van der Waals surface area (Å²) >= 11 is 6.13. The van der Waals surface area contributed by atoms with Crippen LogP contribution in [-0.4, -0.2) is 42.3 Å². The van der Waals surface area contributed by atoms with Crippen LogP contribution >= 0.6 is 11.6 Å². The summed E-state index contributed by atoms with van der Waals surface area (Å²) in [6.07, 6.45) is 6.04. The van der Waals surface area contributed by atoms with E-state index in [1.165, 1.54) is 12.8 Å². The van der Waals surface area contributed by atoms with Crippen molar-refractivity contribution in [1.29, 1.82) is 0 Å². The number of fused-ring (bicyclic) bond motifs is 1. The average molecular weight is 348 g/mol. The molecule has 7 heteroatoms. The van der Waals surface area contributed by atoms with Gasteiger partial charge in [-0.1, -0.05) is 24.4 Å². The van der Waals surface area contributed by atoms with Crippen molar-refractivity contribution in [3.63, 3.8) is 0 Å². The minimum atomic E-state index is 0.166. The van der Waals surface area contributed by atoms with Gasteiger partial charge < -0.3 is 10.1 Å². The number of ether oxygens (including phenoxy) is 1. The summed E-state index contributed by atoms with van der Waals surface area (Å²) in [5, 5.41) is 13.9. The minimum Gasteiger partial charge on any atom is -0.383 e. The molecule has 0 amide bonds. The fraction of sp³-hybridized carbons (Fsp3) is 0.529. The van der Waals surface area contributed by atoms with Crippen molar-refractivity contribution in [1.82, 2.24) is 9.97 Å². The molecular weight excluding hydrogens is 326 g/mol. The van der Waals surface area contributed by atoms with Crippen LogP contribution in [0.3, 0.4) is 0 Å². The summed E-state index contributed by atoms with van der Waals surface area (Å²) in [5.74, 6) is 0.812. The van der Waals surface area contributed by atoms with Crippen molar-refractivity contribution >= 4 is 28.3 Å². The zero-order valence-corrected chi connectivity index (χ0v) is 14.5. The number of anilines is 1. The Morgan fingerprint density at radius 3 is 3.04 bits per heavy atom. The van der Waals surface area contributed by atoms with Crippen molar-refractivity contribution in [3.8, 4) is 0 Å². The first-order valence-electron chi connectivity index (χ1n) is 8.30. The highest BCUT2D eigenvalue weighted by Crippen LogP contribution is 2.28. The van der Waals surface area contributed by atoms with Gasteiger partial charge in [0.2, 0.25) is 0 Å². The second-order valence-electron chi connectivity index (χ2n) is 5.96. The van der Waals surface area contributed by atoms with E-state index >= 15 is 0 Å². The van der Waals surface area contributed by atoms with Crippen molar-refractivity contribution in [2.24, 2.45) is 10.2 Å². The predicted molar refractivity (Wildman–Crippen MR) is 95.8 cm³/mol. The first-order chi connectivity index (χ1) is 11.8. The van der Waals surface area contributed by atoms with Crippen molar-refractivity contribution in [2.75, 3.05) is 25.6 Å². The van der Waals surface area contributed by atoms with Gasteiger partial charge in [-0.15, -0.1) is 0 Å². The smallest absolute Gasteiger partial charge is 0.137 e. The molecule has 0 unspecified atom stereocenters. The number of nitrogens with zero attached hydrogens (tertiary/aromatic N) is 4. The van der Waals surface area contributed by atoms with E-state index in [2.05, 4.69) is 25.5 Å². The first-order valence-corrected chi connectivity index (χ1v) is 8.68. The highest BCUT2D eigenvalue weighted by Gasteiger charge is 2.25. The maximum Gasteiger partial charge on any atom is 0.137 e. The number of rotatable bonds is 6. The van der Waals surface area contributed by atoms with E-state index in [-0.39, 0.29) is 12.1 Å². The standard InChI is InChI=1S/C17H22ClN5O/c1-24-9-8-21-23-16-5-3-2-4-15(16)22-17-13-10-12(18)6-7-14(13)19-11-20-17/h6-7,10-11,15-16H,2-5,8-9H2,1H3,(H,19,20,22)/t15-,16+/m0/s1. The predicted octanol–water partition coefficient (Wildman–Crippen LogP) is 4.10. The molecule has 0 saturated heterocycles. The molecule has 1 aliphatic rings. The normalized spacial score (nSPS) is 21.4. The molecule has 1 aromatic heterocycles. The molecule has 1 heterocycles. The van der Waals surface area contributed by atoms with Gasteiger partial charge in [0, 0.05) is 17.5 Å². The summed E-state index contributed by atoms with van der Waals surface area (Å²) in [7, 11) is 1.67. The van der Waals surface area contributed by atoms with Gasteiger partial charge in [0.05, 0.1) is 30.8 Å². The van der Waals surface area contributed by atoms with E-state index in [4.69, 9.17) is 16.3 Å². The van der Waals surface area contributed by atoms with Crippen molar-refractivity contribution in [2.45, 2.75) is 37.8 Å². The van der Waals surface area contributed by atoms with Gasteiger partial charge in [0.1, 0.15) is 12.1 Å². The molecule has 2 aromatic rings. The quantitative estimate of drug-likeness (QED) is 0.630. The number of nitrogens with one attached hydrogen (secondary N) is 1. The minimum absolute atomic E-state index is 0.166. The van der Waals surface area contributed by atoms with Crippen molar-refractivity contribution < 1.29 is 4.74 Å². The topological polar surface area (TPSA) is 71.8 Å². The van der Waals surface area contributed by atoms with Gasteiger partial charge >= 0.3 is 0 Å². The van der Waals surface area contributed by atoms with Crippen molar-refractivity contribution in [3.05, 3.63) is 29.5 Å². The Morgan fingerprint density at radius 2 is 2.17 bits per heavy atom.